The van der Waals surface area contributed by atoms with Gasteiger partial charge in [-0.2, -0.15) is 18.4 Å². The number of aryl methyl sites for hydroxylation is 1. The van der Waals surface area contributed by atoms with Gasteiger partial charge in [0.15, 0.2) is 6.04 Å². The van der Waals surface area contributed by atoms with Crippen molar-refractivity contribution in [3.05, 3.63) is 53.5 Å². The van der Waals surface area contributed by atoms with Crippen molar-refractivity contribution in [2.75, 3.05) is 5.32 Å². The van der Waals surface area contributed by atoms with E-state index in [2.05, 4.69) is 5.32 Å². The van der Waals surface area contributed by atoms with E-state index < -0.39 is 17.8 Å². The van der Waals surface area contributed by atoms with Gasteiger partial charge in [0, 0.05) is 5.69 Å². The van der Waals surface area contributed by atoms with Crippen LogP contribution in [0.25, 0.3) is 0 Å². The maximum absolute atomic E-state index is 12.9. The van der Waals surface area contributed by atoms with Crippen LogP contribution < -0.4 is 5.32 Å². The molecule has 0 aliphatic rings. The van der Waals surface area contributed by atoms with E-state index in [9.17, 15) is 13.2 Å². The van der Waals surface area contributed by atoms with Gasteiger partial charge >= 0.3 is 6.18 Å². The molecule has 2 rings (SSSR count). The average Bonchev–Trinajstić information content (AvgIpc) is 2.82. The molecule has 0 bridgehead atoms. The molecule has 0 aliphatic carbocycles. The minimum absolute atomic E-state index is 0.152. The third kappa shape index (κ3) is 2.94. The number of rotatable bonds is 3. The van der Waals surface area contributed by atoms with Gasteiger partial charge in [0.1, 0.15) is 11.5 Å². The summed E-state index contributed by atoms with van der Waals surface area (Å²) in [6, 6.07) is 9.13. The molecule has 2 aromatic rings. The fraction of sp³-hybridized carbons (Fsp3) is 0.214. The summed E-state index contributed by atoms with van der Waals surface area (Å²) in [7, 11) is 0. The monoisotopic (exact) mass is 280 g/mol. The summed E-state index contributed by atoms with van der Waals surface area (Å²) in [5.41, 5.74) is -0.968. The summed E-state index contributed by atoms with van der Waals surface area (Å²) in [6.45, 7) is 1.70. The maximum atomic E-state index is 12.9. The van der Waals surface area contributed by atoms with E-state index in [4.69, 9.17) is 9.68 Å². The third-order valence-electron chi connectivity index (χ3n) is 2.71. The van der Waals surface area contributed by atoms with Crippen LogP contribution in [0.3, 0.4) is 0 Å². The van der Waals surface area contributed by atoms with Gasteiger partial charge in [-0.25, -0.2) is 0 Å². The molecule has 104 valence electrons. The summed E-state index contributed by atoms with van der Waals surface area (Å²) >= 11 is 0. The zero-order valence-electron chi connectivity index (χ0n) is 10.5. The van der Waals surface area contributed by atoms with Crippen molar-refractivity contribution in [3.8, 4) is 6.07 Å². The molecule has 6 heteroatoms. The molecule has 0 fully saturated rings. The van der Waals surface area contributed by atoms with Gasteiger partial charge in [-0.1, -0.05) is 12.1 Å². The molecule has 0 saturated heterocycles. The Kier molecular flexibility index (Phi) is 3.70. The highest BCUT2D eigenvalue weighted by Gasteiger charge is 2.33. The van der Waals surface area contributed by atoms with Crippen LogP contribution in [0.15, 0.2) is 40.8 Å². The topological polar surface area (TPSA) is 49.0 Å². The van der Waals surface area contributed by atoms with Crippen LogP contribution in [0.1, 0.15) is 23.1 Å². The molecule has 1 aromatic heterocycles. The van der Waals surface area contributed by atoms with Gasteiger partial charge in [0.2, 0.25) is 0 Å². The summed E-state index contributed by atoms with van der Waals surface area (Å²) in [4.78, 5) is 0. The number of alkyl halides is 3. The first kappa shape index (κ1) is 14.0. The Morgan fingerprint density at radius 1 is 1.20 bits per heavy atom. The standard InChI is InChI=1S/C14H11F3N2O/c1-9-6-7-13(20-9)12(8-18)19-11-5-3-2-4-10(11)14(15,16)17/h2-7,12,19H,1H3. The van der Waals surface area contributed by atoms with Crippen molar-refractivity contribution >= 4 is 5.69 Å². The van der Waals surface area contributed by atoms with Crippen molar-refractivity contribution in [2.24, 2.45) is 0 Å². The van der Waals surface area contributed by atoms with Crippen molar-refractivity contribution in [2.45, 2.75) is 19.1 Å². The third-order valence-corrected chi connectivity index (χ3v) is 2.71. The number of halogens is 3. The number of nitrogens with one attached hydrogen (secondary N) is 1. The maximum Gasteiger partial charge on any atom is 0.418 e. The van der Waals surface area contributed by atoms with Gasteiger partial charge in [0.05, 0.1) is 11.6 Å². The predicted octanol–water partition coefficient (Wildman–Crippen LogP) is 4.28. The Morgan fingerprint density at radius 2 is 1.90 bits per heavy atom. The molecule has 1 heterocycles. The van der Waals surface area contributed by atoms with Crippen molar-refractivity contribution in [1.82, 2.24) is 0 Å². The van der Waals surface area contributed by atoms with Crippen molar-refractivity contribution in [3.63, 3.8) is 0 Å². The highest BCUT2D eigenvalue weighted by Crippen LogP contribution is 2.36. The second-order valence-electron chi connectivity index (χ2n) is 4.20. The predicted molar refractivity (Wildman–Crippen MR) is 66.9 cm³/mol. The van der Waals surface area contributed by atoms with Gasteiger partial charge < -0.3 is 9.73 Å². The smallest absolute Gasteiger partial charge is 0.418 e. The van der Waals surface area contributed by atoms with E-state index in [-0.39, 0.29) is 11.4 Å². The van der Waals surface area contributed by atoms with Crippen molar-refractivity contribution < 1.29 is 17.6 Å². The zero-order chi connectivity index (χ0) is 14.8. The Bertz CT molecular complexity index is 640. The average molecular weight is 280 g/mol. The van der Waals surface area contributed by atoms with E-state index in [1.54, 1.807) is 19.1 Å². The number of nitrogens with zero attached hydrogens (tertiary/aromatic N) is 1. The number of anilines is 1. The van der Waals surface area contributed by atoms with Gasteiger partial charge in [-0.3, -0.25) is 0 Å². The lowest BCUT2D eigenvalue weighted by atomic mass is 10.1. The van der Waals surface area contributed by atoms with Crippen LogP contribution in [-0.2, 0) is 6.18 Å². The molecule has 1 unspecified atom stereocenters. The zero-order valence-corrected chi connectivity index (χ0v) is 10.5. The SMILES string of the molecule is Cc1ccc(C(C#N)Nc2ccccc2C(F)(F)F)o1. The fourth-order valence-electron chi connectivity index (χ4n) is 1.79. The van der Waals surface area contributed by atoms with E-state index in [0.29, 0.717) is 5.76 Å². The lowest BCUT2D eigenvalue weighted by Gasteiger charge is -2.16. The minimum Gasteiger partial charge on any atom is -0.463 e. The molecule has 20 heavy (non-hydrogen) atoms. The molecule has 0 amide bonds. The lowest BCUT2D eigenvalue weighted by molar-refractivity contribution is -0.137. The molecule has 1 N–H and O–H groups in total. The van der Waals surface area contributed by atoms with Crippen LogP contribution in [-0.4, -0.2) is 0 Å². The largest absolute Gasteiger partial charge is 0.463 e. The van der Waals surface area contributed by atoms with Gasteiger partial charge in [0.25, 0.3) is 0 Å². The van der Waals surface area contributed by atoms with Crippen LogP contribution >= 0.6 is 0 Å². The lowest BCUT2D eigenvalue weighted by Crippen LogP contribution is -2.14. The Balaban J connectivity index is 2.32. The number of furan rings is 1. The number of hydrogen-bond acceptors (Lipinski definition) is 3. The molecule has 0 aliphatic heterocycles. The summed E-state index contributed by atoms with van der Waals surface area (Å²) in [6.07, 6.45) is -4.48. The molecular formula is C14H11F3N2O. The number of benzene rings is 1. The normalized spacial score (nSPS) is 12.8. The van der Waals surface area contributed by atoms with E-state index in [1.807, 2.05) is 6.07 Å². The summed E-state index contributed by atoms with van der Waals surface area (Å²) in [5.74, 6) is 0.869. The first-order valence-corrected chi connectivity index (χ1v) is 5.80. The van der Waals surface area contributed by atoms with E-state index in [0.717, 1.165) is 6.07 Å². The molecule has 0 spiro atoms. The summed E-state index contributed by atoms with van der Waals surface area (Å²) in [5, 5.41) is 11.6. The number of nitriles is 1. The first-order valence-electron chi connectivity index (χ1n) is 5.80. The molecular weight excluding hydrogens is 269 g/mol. The van der Waals surface area contributed by atoms with E-state index in [1.165, 1.54) is 18.2 Å². The fourth-order valence-corrected chi connectivity index (χ4v) is 1.79. The second-order valence-corrected chi connectivity index (χ2v) is 4.20. The Morgan fingerprint density at radius 3 is 2.45 bits per heavy atom. The number of hydrogen-bond donors (Lipinski definition) is 1. The quantitative estimate of drug-likeness (QED) is 0.912. The summed E-state index contributed by atoms with van der Waals surface area (Å²) < 4.78 is 43.9. The second kappa shape index (κ2) is 5.29. The number of para-hydroxylation sites is 1. The van der Waals surface area contributed by atoms with E-state index >= 15 is 0 Å². The van der Waals surface area contributed by atoms with Crippen LogP contribution in [0.4, 0.5) is 18.9 Å². The first-order chi connectivity index (χ1) is 9.41. The van der Waals surface area contributed by atoms with Gasteiger partial charge in [-0.05, 0) is 31.2 Å². The minimum atomic E-state index is -4.48. The Labute approximate surface area is 113 Å². The molecule has 1 atom stereocenters. The highest BCUT2D eigenvalue weighted by molar-refractivity contribution is 5.54. The van der Waals surface area contributed by atoms with Crippen molar-refractivity contribution in [1.29, 1.82) is 5.26 Å². The molecule has 3 nitrogen and oxygen atoms in total. The van der Waals surface area contributed by atoms with Crippen LogP contribution in [0.2, 0.25) is 0 Å². The highest BCUT2D eigenvalue weighted by atomic mass is 19.4. The van der Waals surface area contributed by atoms with Crippen LogP contribution in [0.5, 0.6) is 0 Å². The van der Waals surface area contributed by atoms with Gasteiger partial charge in [-0.15, -0.1) is 0 Å². The molecule has 0 radical (unpaired) electrons. The Hall–Kier alpha value is -2.42. The molecule has 1 aromatic carbocycles. The molecule has 0 saturated carbocycles. The van der Waals surface area contributed by atoms with Crippen LogP contribution in [0, 0.1) is 18.3 Å².